The summed E-state index contributed by atoms with van der Waals surface area (Å²) < 4.78 is 0. The van der Waals surface area contributed by atoms with Gasteiger partial charge in [-0.15, -0.1) is 0 Å². The Bertz CT molecular complexity index is 173. The van der Waals surface area contributed by atoms with Crippen molar-refractivity contribution in [1.82, 2.24) is 0 Å². The van der Waals surface area contributed by atoms with Crippen LogP contribution in [0.15, 0.2) is 24.3 Å². The molecule has 46 valence electrons. The molecule has 1 aromatic rings. The average molecular weight is 151 g/mol. The molecule has 3 heteroatoms. The first-order chi connectivity index (χ1) is 3.79. The molecule has 2 nitrogen and oxygen atoms in total. The summed E-state index contributed by atoms with van der Waals surface area (Å²) in [6.45, 7) is 0. The Morgan fingerprint density at radius 3 is 2.33 bits per heavy atom. The van der Waals surface area contributed by atoms with E-state index >= 15 is 0 Å². The Morgan fingerprint density at radius 1 is 1.33 bits per heavy atom. The molecule has 9 heavy (non-hydrogen) atoms. The second-order valence-corrected chi connectivity index (χ2v) is 1.59. The van der Waals surface area contributed by atoms with Gasteiger partial charge in [-0.25, -0.2) is 0 Å². The summed E-state index contributed by atoms with van der Waals surface area (Å²) >= 11 is 0. The molecule has 0 saturated heterocycles. The van der Waals surface area contributed by atoms with E-state index in [9.17, 15) is 0 Å². The number of hydrogen-bond acceptors (Lipinski definition) is 2. The average Bonchev–Trinajstić information content (AvgIpc) is 1.64. The third-order valence-electron chi connectivity index (χ3n) is 0.870. The van der Waals surface area contributed by atoms with Gasteiger partial charge in [0.05, 0.1) is 0 Å². The molecular formula is C6H9CaNO. The normalized spacial score (nSPS) is 8.00. The van der Waals surface area contributed by atoms with Gasteiger partial charge in [-0.2, -0.15) is 0 Å². The predicted molar refractivity (Wildman–Crippen MR) is 41.1 cm³/mol. The predicted octanol–water partition coefficient (Wildman–Crippen LogP) is 0.0582. The van der Waals surface area contributed by atoms with E-state index in [1.54, 1.807) is 18.2 Å². The van der Waals surface area contributed by atoms with E-state index in [1.165, 1.54) is 6.07 Å². The molecule has 3 N–H and O–H groups in total. The molecule has 0 aliphatic heterocycles. The number of anilines is 1. The molecule has 0 heterocycles. The van der Waals surface area contributed by atoms with Gasteiger partial charge in [0, 0.05) is 11.8 Å². The van der Waals surface area contributed by atoms with Gasteiger partial charge in [0.2, 0.25) is 0 Å². The minimum atomic E-state index is 0. The minimum absolute atomic E-state index is 0. The summed E-state index contributed by atoms with van der Waals surface area (Å²) in [6, 6.07) is 6.50. The Kier molecular flexibility index (Phi) is 4.02. The van der Waals surface area contributed by atoms with Crippen LogP contribution in [0.3, 0.4) is 0 Å². The molecule has 1 rings (SSSR count). The van der Waals surface area contributed by atoms with Gasteiger partial charge in [0.1, 0.15) is 5.75 Å². The molecule has 0 amide bonds. The topological polar surface area (TPSA) is 46.2 Å². The fourth-order valence-electron chi connectivity index (χ4n) is 0.525. The molecule has 0 aromatic heterocycles. The monoisotopic (exact) mass is 151 g/mol. The van der Waals surface area contributed by atoms with Crippen LogP contribution < -0.4 is 5.73 Å². The Labute approximate surface area is 83.7 Å². The first-order valence-corrected chi connectivity index (χ1v) is 2.33. The van der Waals surface area contributed by atoms with E-state index in [-0.39, 0.29) is 43.5 Å². The number of aromatic hydroxyl groups is 1. The van der Waals surface area contributed by atoms with Gasteiger partial charge < -0.3 is 10.8 Å². The van der Waals surface area contributed by atoms with Crippen molar-refractivity contribution in [3.8, 4) is 5.75 Å². The van der Waals surface area contributed by atoms with Crippen LogP contribution in [-0.2, 0) is 0 Å². The number of hydrogen-bond donors (Lipinski definition) is 2. The van der Waals surface area contributed by atoms with E-state index < -0.39 is 0 Å². The Morgan fingerprint density at radius 2 is 2.00 bits per heavy atom. The van der Waals surface area contributed by atoms with Crippen LogP contribution in [0.5, 0.6) is 5.75 Å². The van der Waals surface area contributed by atoms with Crippen LogP contribution in [0.2, 0.25) is 0 Å². The van der Waals surface area contributed by atoms with Crippen molar-refractivity contribution in [2.75, 3.05) is 5.73 Å². The van der Waals surface area contributed by atoms with Crippen molar-refractivity contribution in [2.24, 2.45) is 0 Å². The number of benzene rings is 1. The molecule has 0 fully saturated rings. The zero-order valence-electron chi connectivity index (χ0n) is 4.33. The molecule has 0 saturated carbocycles. The van der Waals surface area contributed by atoms with Gasteiger partial charge in [-0.1, -0.05) is 6.07 Å². The summed E-state index contributed by atoms with van der Waals surface area (Å²) in [4.78, 5) is 0. The second-order valence-electron chi connectivity index (χ2n) is 1.59. The number of nitrogens with two attached hydrogens (primary N) is 1. The zero-order valence-corrected chi connectivity index (χ0v) is 4.33. The number of rotatable bonds is 0. The molecule has 0 spiro atoms. The number of phenolic OH excluding ortho intramolecular Hbond substituents is 1. The van der Waals surface area contributed by atoms with Crippen molar-refractivity contribution in [1.29, 1.82) is 0 Å². The molecule has 0 bridgehead atoms. The Balaban J connectivity index is 0.000000640. The van der Waals surface area contributed by atoms with Gasteiger partial charge >= 0.3 is 37.7 Å². The third kappa shape index (κ3) is 2.94. The number of nitrogen functional groups attached to an aromatic ring is 1. The first kappa shape index (κ1) is 9.08. The van der Waals surface area contributed by atoms with Gasteiger partial charge in [-0.3, -0.25) is 0 Å². The quantitative estimate of drug-likeness (QED) is 0.407. The van der Waals surface area contributed by atoms with E-state index in [4.69, 9.17) is 10.8 Å². The van der Waals surface area contributed by atoms with Crippen LogP contribution in [-0.4, -0.2) is 42.8 Å². The van der Waals surface area contributed by atoms with Crippen molar-refractivity contribution in [3.05, 3.63) is 24.3 Å². The summed E-state index contributed by atoms with van der Waals surface area (Å²) in [5.41, 5.74) is 5.89. The van der Waals surface area contributed by atoms with E-state index in [0.29, 0.717) is 5.69 Å². The fraction of sp³-hybridized carbons (Fsp3) is 0. The van der Waals surface area contributed by atoms with Gasteiger partial charge in [0.25, 0.3) is 0 Å². The summed E-state index contributed by atoms with van der Waals surface area (Å²) in [6.07, 6.45) is 0. The summed E-state index contributed by atoms with van der Waals surface area (Å²) in [5.74, 6) is 0.213. The van der Waals surface area contributed by atoms with Gasteiger partial charge in [0.15, 0.2) is 0 Å². The first-order valence-electron chi connectivity index (χ1n) is 2.33. The van der Waals surface area contributed by atoms with Crippen LogP contribution >= 0.6 is 0 Å². The third-order valence-corrected chi connectivity index (χ3v) is 0.870. The van der Waals surface area contributed by atoms with E-state index in [0.717, 1.165) is 0 Å². The van der Waals surface area contributed by atoms with Crippen LogP contribution in [0, 0.1) is 0 Å². The molecule has 0 atom stereocenters. The van der Waals surface area contributed by atoms with Crippen LogP contribution in [0.1, 0.15) is 0 Å². The molecule has 1 aromatic carbocycles. The van der Waals surface area contributed by atoms with Crippen molar-refractivity contribution < 1.29 is 5.11 Å². The van der Waals surface area contributed by atoms with Crippen molar-refractivity contribution >= 4 is 43.4 Å². The molecule has 0 radical (unpaired) electrons. The SMILES string of the molecule is Nc1cccc(O)c1.[CaH2]. The van der Waals surface area contributed by atoms with E-state index in [1.807, 2.05) is 0 Å². The van der Waals surface area contributed by atoms with Crippen molar-refractivity contribution in [3.63, 3.8) is 0 Å². The maximum absolute atomic E-state index is 8.73. The summed E-state index contributed by atoms with van der Waals surface area (Å²) in [7, 11) is 0. The van der Waals surface area contributed by atoms with E-state index in [2.05, 4.69) is 0 Å². The molecule has 0 aliphatic rings. The summed E-state index contributed by atoms with van der Waals surface area (Å²) in [5, 5.41) is 8.73. The van der Waals surface area contributed by atoms with Crippen LogP contribution in [0.4, 0.5) is 5.69 Å². The fourth-order valence-corrected chi connectivity index (χ4v) is 0.525. The van der Waals surface area contributed by atoms with Gasteiger partial charge in [-0.05, 0) is 12.1 Å². The molecular weight excluding hydrogens is 142 g/mol. The number of phenols is 1. The second kappa shape index (κ2) is 3.99. The Hall–Kier alpha value is 0.0797. The molecule has 0 unspecified atom stereocenters. The standard InChI is InChI=1S/C6H7NO.Ca.2H/c7-5-2-1-3-6(8)4-5;;;/h1-4,8H,7H2;;;. The maximum atomic E-state index is 8.73. The van der Waals surface area contributed by atoms with Crippen LogP contribution in [0.25, 0.3) is 0 Å². The molecule has 0 aliphatic carbocycles. The zero-order chi connectivity index (χ0) is 5.98. The van der Waals surface area contributed by atoms with Crippen molar-refractivity contribution in [2.45, 2.75) is 0 Å².